The molecule has 0 amide bonds. The lowest BCUT2D eigenvalue weighted by atomic mass is 10.0. The fraction of sp³-hybridized carbons (Fsp3) is 0.571. The van der Waals surface area contributed by atoms with Gasteiger partial charge in [-0.2, -0.15) is 11.8 Å². The van der Waals surface area contributed by atoms with Gasteiger partial charge in [0.2, 0.25) is 0 Å². The van der Waals surface area contributed by atoms with Crippen LogP contribution in [0.2, 0.25) is 0 Å². The van der Waals surface area contributed by atoms with E-state index in [0.29, 0.717) is 6.04 Å². The molecular formula is C14H21NOS. The van der Waals surface area contributed by atoms with E-state index in [1.165, 1.54) is 16.9 Å². The number of benzene rings is 1. The van der Waals surface area contributed by atoms with Crippen molar-refractivity contribution < 1.29 is 4.74 Å². The van der Waals surface area contributed by atoms with Crippen LogP contribution in [-0.4, -0.2) is 25.2 Å². The first-order chi connectivity index (χ1) is 8.35. The second kappa shape index (κ2) is 6.31. The Morgan fingerprint density at radius 3 is 3.12 bits per heavy atom. The van der Waals surface area contributed by atoms with Crippen LogP contribution in [-0.2, 0) is 6.42 Å². The lowest BCUT2D eigenvalue weighted by Gasteiger charge is -2.18. The molecule has 0 spiro atoms. The van der Waals surface area contributed by atoms with Crippen LogP contribution < -0.4 is 10.1 Å². The molecule has 1 heterocycles. The molecule has 1 N–H and O–H groups in total. The number of rotatable bonds is 6. The van der Waals surface area contributed by atoms with E-state index in [9.17, 15) is 0 Å². The van der Waals surface area contributed by atoms with Crippen LogP contribution in [0.4, 0.5) is 0 Å². The fourth-order valence-electron chi connectivity index (χ4n) is 2.26. The molecule has 0 saturated carbocycles. The lowest BCUT2D eigenvalue weighted by Crippen LogP contribution is -2.23. The minimum Gasteiger partial charge on any atom is -0.493 e. The Morgan fingerprint density at radius 1 is 1.47 bits per heavy atom. The van der Waals surface area contributed by atoms with Crippen molar-refractivity contribution in [1.82, 2.24) is 5.32 Å². The average Bonchev–Trinajstić information content (AvgIpc) is 2.82. The van der Waals surface area contributed by atoms with Gasteiger partial charge in [-0.05, 0) is 29.9 Å². The zero-order valence-corrected chi connectivity index (χ0v) is 11.5. The van der Waals surface area contributed by atoms with Crippen molar-refractivity contribution in [3.05, 3.63) is 29.3 Å². The monoisotopic (exact) mass is 251 g/mol. The number of hydrogen-bond donors (Lipinski definition) is 1. The molecular weight excluding hydrogens is 230 g/mol. The number of hydrogen-bond acceptors (Lipinski definition) is 3. The van der Waals surface area contributed by atoms with E-state index >= 15 is 0 Å². The Labute approximate surface area is 108 Å². The summed E-state index contributed by atoms with van der Waals surface area (Å²) in [5.41, 5.74) is 2.77. The predicted octanol–water partition coefficient (Wildman–Crippen LogP) is 3.03. The van der Waals surface area contributed by atoms with E-state index in [2.05, 4.69) is 36.7 Å². The number of fused-ring (bicyclic) bond motifs is 1. The number of ether oxygens (including phenoxy) is 1. The summed E-state index contributed by atoms with van der Waals surface area (Å²) < 4.78 is 5.54. The third-order valence-electron chi connectivity index (χ3n) is 3.22. The fourth-order valence-corrected chi connectivity index (χ4v) is 2.58. The van der Waals surface area contributed by atoms with Gasteiger partial charge in [-0.15, -0.1) is 0 Å². The van der Waals surface area contributed by atoms with E-state index in [4.69, 9.17) is 4.74 Å². The van der Waals surface area contributed by atoms with Crippen LogP contribution >= 0.6 is 11.8 Å². The zero-order chi connectivity index (χ0) is 12.1. The summed E-state index contributed by atoms with van der Waals surface area (Å²) in [7, 11) is 0. The minimum absolute atomic E-state index is 0.480. The molecule has 0 aliphatic carbocycles. The van der Waals surface area contributed by atoms with Crippen LogP contribution in [0.15, 0.2) is 18.2 Å². The van der Waals surface area contributed by atoms with Crippen LogP contribution in [0.25, 0.3) is 0 Å². The highest BCUT2D eigenvalue weighted by Crippen LogP contribution is 2.29. The van der Waals surface area contributed by atoms with Gasteiger partial charge in [0.1, 0.15) is 5.75 Å². The van der Waals surface area contributed by atoms with Gasteiger partial charge in [-0.1, -0.05) is 19.1 Å². The number of thioether (sulfide) groups is 1. The third kappa shape index (κ3) is 3.17. The average molecular weight is 251 g/mol. The summed E-state index contributed by atoms with van der Waals surface area (Å²) in [6.07, 6.45) is 4.34. The molecule has 0 radical (unpaired) electrons. The zero-order valence-electron chi connectivity index (χ0n) is 10.7. The molecule has 0 aromatic heterocycles. The van der Waals surface area contributed by atoms with Crippen LogP contribution in [0, 0.1) is 0 Å². The smallest absolute Gasteiger partial charge is 0.122 e. The highest BCUT2D eigenvalue weighted by molar-refractivity contribution is 7.98. The van der Waals surface area contributed by atoms with Crippen molar-refractivity contribution in [2.24, 2.45) is 0 Å². The quantitative estimate of drug-likeness (QED) is 0.785. The highest BCUT2D eigenvalue weighted by atomic mass is 32.2. The molecule has 3 heteroatoms. The van der Waals surface area contributed by atoms with E-state index in [1.807, 2.05) is 11.8 Å². The molecule has 1 aliphatic rings. The Bertz CT molecular complexity index is 367. The standard InChI is InChI=1S/C14H21NOS/c1-3-13(15-7-9-17-2)11-4-5-14-12(10-11)6-8-16-14/h4-5,10,13,15H,3,6-9H2,1-2H3. The second-order valence-corrected chi connectivity index (χ2v) is 5.36. The van der Waals surface area contributed by atoms with Crippen molar-refractivity contribution >= 4 is 11.8 Å². The first-order valence-corrected chi connectivity index (χ1v) is 7.72. The van der Waals surface area contributed by atoms with Crippen molar-refractivity contribution in [3.63, 3.8) is 0 Å². The highest BCUT2D eigenvalue weighted by Gasteiger charge is 2.15. The molecule has 2 nitrogen and oxygen atoms in total. The van der Waals surface area contributed by atoms with E-state index < -0.39 is 0 Å². The van der Waals surface area contributed by atoms with Gasteiger partial charge in [0.05, 0.1) is 6.61 Å². The Hall–Kier alpha value is -0.670. The normalized spacial score (nSPS) is 15.4. The SMILES string of the molecule is CCC(NCCSC)c1ccc2c(c1)CCO2. The molecule has 1 aromatic carbocycles. The second-order valence-electron chi connectivity index (χ2n) is 4.37. The van der Waals surface area contributed by atoms with Gasteiger partial charge >= 0.3 is 0 Å². The van der Waals surface area contributed by atoms with Crippen molar-refractivity contribution in [2.45, 2.75) is 25.8 Å². The van der Waals surface area contributed by atoms with Crippen molar-refractivity contribution in [1.29, 1.82) is 0 Å². The molecule has 1 aromatic rings. The molecule has 1 atom stereocenters. The largest absolute Gasteiger partial charge is 0.493 e. The minimum atomic E-state index is 0.480. The Morgan fingerprint density at radius 2 is 2.35 bits per heavy atom. The van der Waals surface area contributed by atoms with Gasteiger partial charge in [-0.3, -0.25) is 0 Å². The molecule has 1 unspecified atom stereocenters. The first-order valence-electron chi connectivity index (χ1n) is 6.33. The Balaban J connectivity index is 2.03. The molecule has 1 aliphatic heterocycles. The summed E-state index contributed by atoms with van der Waals surface area (Å²) in [6, 6.07) is 7.11. The Kier molecular flexibility index (Phi) is 4.75. The van der Waals surface area contributed by atoms with Gasteiger partial charge < -0.3 is 10.1 Å². The van der Waals surface area contributed by atoms with Crippen LogP contribution in [0.5, 0.6) is 5.75 Å². The van der Waals surface area contributed by atoms with Crippen molar-refractivity contribution in [3.8, 4) is 5.75 Å². The van der Waals surface area contributed by atoms with Crippen LogP contribution in [0.1, 0.15) is 30.5 Å². The molecule has 0 fully saturated rings. The maximum Gasteiger partial charge on any atom is 0.122 e. The molecule has 94 valence electrons. The third-order valence-corrected chi connectivity index (χ3v) is 3.83. The van der Waals surface area contributed by atoms with E-state index in [1.54, 1.807) is 0 Å². The maximum atomic E-state index is 5.54. The summed E-state index contributed by atoms with van der Waals surface area (Å²) in [4.78, 5) is 0. The number of nitrogens with one attached hydrogen (secondary N) is 1. The summed E-state index contributed by atoms with van der Waals surface area (Å²) in [6.45, 7) is 4.16. The lowest BCUT2D eigenvalue weighted by molar-refractivity contribution is 0.356. The molecule has 0 saturated heterocycles. The topological polar surface area (TPSA) is 21.3 Å². The van der Waals surface area contributed by atoms with E-state index in [0.717, 1.165) is 31.7 Å². The summed E-state index contributed by atoms with van der Waals surface area (Å²) in [5.74, 6) is 2.25. The van der Waals surface area contributed by atoms with Gasteiger partial charge in [-0.25, -0.2) is 0 Å². The summed E-state index contributed by atoms with van der Waals surface area (Å²) >= 11 is 1.89. The van der Waals surface area contributed by atoms with Gasteiger partial charge in [0.25, 0.3) is 0 Å². The maximum absolute atomic E-state index is 5.54. The molecule has 0 bridgehead atoms. The van der Waals surface area contributed by atoms with Crippen LogP contribution in [0.3, 0.4) is 0 Å². The van der Waals surface area contributed by atoms with Gasteiger partial charge in [0.15, 0.2) is 0 Å². The summed E-state index contributed by atoms with van der Waals surface area (Å²) in [5, 5.41) is 3.62. The molecule has 2 rings (SSSR count). The predicted molar refractivity (Wildman–Crippen MR) is 75.1 cm³/mol. The molecule has 17 heavy (non-hydrogen) atoms. The van der Waals surface area contributed by atoms with E-state index in [-0.39, 0.29) is 0 Å². The van der Waals surface area contributed by atoms with Gasteiger partial charge in [0, 0.05) is 24.8 Å². The van der Waals surface area contributed by atoms with Crippen molar-refractivity contribution in [2.75, 3.05) is 25.2 Å². The first kappa shape index (κ1) is 12.8.